The Morgan fingerprint density at radius 3 is 3.14 bits per heavy atom. The first-order valence-corrected chi connectivity index (χ1v) is 6.14. The first-order valence-electron chi connectivity index (χ1n) is 5.26. The van der Waals surface area contributed by atoms with Crippen LogP contribution in [-0.2, 0) is 6.54 Å². The molecule has 2 bridgehead atoms. The Balaban J connectivity index is 1.68. The molecule has 14 heavy (non-hydrogen) atoms. The summed E-state index contributed by atoms with van der Waals surface area (Å²) in [5, 5.41) is 3.57. The van der Waals surface area contributed by atoms with Gasteiger partial charge in [0, 0.05) is 42.8 Å². The highest BCUT2D eigenvalue weighted by Crippen LogP contribution is 2.24. The minimum atomic E-state index is 0.743. The third kappa shape index (κ3) is 1.58. The Morgan fingerprint density at radius 2 is 2.57 bits per heavy atom. The van der Waals surface area contributed by atoms with E-state index in [4.69, 9.17) is 0 Å². The van der Waals surface area contributed by atoms with E-state index in [2.05, 4.69) is 15.2 Å². The van der Waals surface area contributed by atoms with Crippen LogP contribution in [0.3, 0.4) is 0 Å². The summed E-state index contributed by atoms with van der Waals surface area (Å²) in [5.41, 5.74) is 1.93. The minimum absolute atomic E-state index is 0.743. The maximum absolute atomic E-state index is 4.13. The first-order chi connectivity index (χ1) is 6.92. The molecule has 4 heterocycles. The number of piperazine rings is 1. The van der Waals surface area contributed by atoms with E-state index in [1.54, 1.807) is 11.3 Å². The Morgan fingerprint density at radius 1 is 1.57 bits per heavy atom. The quantitative estimate of drug-likeness (QED) is 0.790. The van der Waals surface area contributed by atoms with Crippen molar-refractivity contribution >= 4 is 11.3 Å². The average molecular weight is 209 g/mol. The predicted molar refractivity (Wildman–Crippen MR) is 57.3 cm³/mol. The molecule has 4 rings (SSSR count). The summed E-state index contributed by atoms with van der Waals surface area (Å²) in [5.74, 6) is 0. The lowest BCUT2D eigenvalue weighted by Crippen LogP contribution is -2.60. The number of hydrogen-bond donors (Lipinski definition) is 1. The molecule has 3 aliphatic rings. The molecule has 0 spiro atoms. The van der Waals surface area contributed by atoms with E-state index in [1.807, 2.05) is 11.7 Å². The van der Waals surface area contributed by atoms with Crippen molar-refractivity contribution < 1.29 is 0 Å². The second kappa shape index (κ2) is 3.61. The third-order valence-electron chi connectivity index (χ3n) is 3.30. The molecule has 4 heteroatoms. The lowest BCUT2D eigenvalue weighted by molar-refractivity contribution is 0.0694. The van der Waals surface area contributed by atoms with Crippen molar-refractivity contribution in [1.82, 2.24) is 15.2 Å². The highest BCUT2D eigenvalue weighted by atomic mass is 32.1. The highest BCUT2D eigenvalue weighted by molar-refractivity contribution is 7.09. The Bertz CT molecular complexity index is 290. The molecule has 3 aliphatic heterocycles. The van der Waals surface area contributed by atoms with Gasteiger partial charge in [-0.25, -0.2) is 0 Å². The number of aromatic nitrogens is 1. The molecule has 0 saturated carbocycles. The normalized spacial score (nSPS) is 32.3. The van der Waals surface area contributed by atoms with Gasteiger partial charge in [0.25, 0.3) is 0 Å². The van der Waals surface area contributed by atoms with Gasteiger partial charge in [-0.15, -0.1) is 11.3 Å². The van der Waals surface area contributed by atoms with Gasteiger partial charge in [-0.05, 0) is 12.8 Å². The number of rotatable bonds is 2. The van der Waals surface area contributed by atoms with Crippen molar-refractivity contribution in [3.63, 3.8) is 0 Å². The van der Waals surface area contributed by atoms with Gasteiger partial charge >= 0.3 is 0 Å². The number of nitrogens with one attached hydrogen (secondary N) is 1. The average Bonchev–Trinajstić information content (AvgIpc) is 2.72. The standard InChI is InChI=1S/C10H15N3S/c1-2-9-3-12-8(1)5-13(9)6-10-4-11-7-14-10/h4,7-9,12H,1-3,5-6H2. The second-order valence-electron chi connectivity index (χ2n) is 4.23. The summed E-state index contributed by atoms with van der Waals surface area (Å²) in [6.07, 6.45) is 4.74. The summed E-state index contributed by atoms with van der Waals surface area (Å²) in [6.45, 7) is 3.51. The van der Waals surface area contributed by atoms with Crippen molar-refractivity contribution in [2.75, 3.05) is 13.1 Å². The molecule has 76 valence electrons. The maximum Gasteiger partial charge on any atom is 0.0794 e. The fourth-order valence-corrected chi connectivity index (χ4v) is 3.13. The molecule has 2 atom stereocenters. The van der Waals surface area contributed by atoms with Crippen molar-refractivity contribution in [3.8, 4) is 0 Å². The van der Waals surface area contributed by atoms with Gasteiger partial charge in [0.15, 0.2) is 0 Å². The van der Waals surface area contributed by atoms with E-state index in [0.29, 0.717) is 0 Å². The number of piperidine rings is 2. The Kier molecular flexibility index (Phi) is 2.27. The number of fused-ring (bicyclic) bond motifs is 3. The zero-order chi connectivity index (χ0) is 9.38. The molecule has 0 amide bonds. The van der Waals surface area contributed by atoms with Crippen LogP contribution in [-0.4, -0.2) is 35.1 Å². The SMILES string of the molecule is c1ncc(CN2CC3CCC2CN3)s1. The molecule has 1 N–H and O–H groups in total. The molecule has 1 aromatic heterocycles. The number of nitrogens with zero attached hydrogens (tertiary/aromatic N) is 2. The van der Waals surface area contributed by atoms with Gasteiger partial charge in [-0.2, -0.15) is 0 Å². The molecule has 3 nitrogen and oxygen atoms in total. The van der Waals surface area contributed by atoms with Gasteiger partial charge < -0.3 is 5.32 Å². The summed E-state index contributed by atoms with van der Waals surface area (Å²) >= 11 is 1.77. The fourth-order valence-electron chi connectivity index (χ4n) is 2.51. The van der Waals surface area contributed by atoms with Crippen LogP contribution in [0, 0.1) is 0 Å². The highest BCUT2D eigenvalue weighted by Gasteiger charge is 2.33. The second-order valence-corrected chi connectivity index (χ2v) is 5.20. The lowest BCUT2D eigenvalue weighted by atomic mass is 9.93. The van der Waals surface area contributed by atoms with Crippen LogP contribution in [0.4, 0.5) is 0 Å². The van der Waals surface area contributed by atoms with Gasteiger partial charge in [-0.1, -0.05) is 0 Å². The van der Waals surface area contributed by atoms with E-state index < -0.39 is 0 Å². The van der Waals surface area contributed by atoms with Crippen LogP contribution < -0.4 is 5.32 Å². The molecule has 3 fully saturated rings. The summed E-state index contributed by atoms with van der Waals surface area (Å²) < 4.78 is 0. The number of thiazole rings is 1. The summed E-state index contributed by atoms with van der Waals surface area (Å²) in [6, 6.07) is 1.51. The summed E-state index contributed by atoms with van der Waals surface area (Å²) in [4.78, 5) is 8.14. The number of hydrogen-bond acceptors (Lipinski definition) is 4. The molecule has 3 saturated heterocycles. The maximum atomic E-state index is 4.13. The third-order valence-corrected chi connectivity index (χ3v) is 4.07. The predicted octanol–water partition coefficient (Wildman–Crippen LogP) is 1.08. The van der Waals surface area contributed by atoms with Crippen LogP contribution >= 0.6 is 11.3 Å². The fraction of sp³-hybridized carbons (Fsp3) is 0.700. The Hall–Kier alpha value is -0.450. The van der Waals surface area contributed by atoms with E-state index in [-0.39, 0.29) is 0 Å². The van der Waals surface area contributed by atoms with Crippen LogP contribution in [0.1, 0.15) is 17.7 Å². The zero-order valence-electron chi connectivity index (χ0n) is 8.15. The van der Waals surface area contributed by atoms with E-state index >= 15 is 0 Å². The van der Waals surface area contributed by atoms with Crippen molar-refractivity contribution in [3.05, 3.63) is 16.6 Å². The Labute approximate surface area is 88.1 Å². The molecule has 0 radical (unpaired) electrons. The zero-order valence-corrected chi connectivity index (χ0v) is 8.96. The van der Waals surface area contributed by atoms with E-state index in [9.17, 15) is 0 Å². The lowest BCUT2D eigenvalue weighted by Gasteiger charge is -2.45. The summed E-state index contributed by atoms with van der Waals surface area (Å²) in [7, 11) is 0. The van der Waals surface area contributed by atoms with Crippen LogP contribution in [0.25, 0.3) is 0 Å². The van der Waals surface area contributed by atoms with Gasteiger partial charge in [-0.3, -0.25) is 9.88 Å². The van der Waals surface area contributed by atoms with Gasteiger partial charge in [0.1, 0.15) is 0 Å². The largest absolute Gasteiger partial charge is 0.311 e. The molecule has 2 unspecified atom stereocenters. The van der Waals surface area contributed by atoms with Gasteiger partial charge in [0.2, 0.25) is 0 Å². The minimum Gasteiger partial charge on any atom is -0.311 e. The van der Waals surface area contributed by atoms with Crippen molar-refractivity contribution in [1.29, 1.82) is 0 Å². The molecule has 1 aromatic rings. The van der Waals surface area contributed by atoms with Crippen LogP contribution in [0.15, 0.2) is 11.7 Å². The smallest absolute Gasteiger partial charge is 0.0794 e. The van der Waals surface area contributed by atoms with Crippen LogP contribution in [0.2, 0.25) is 0 Å². The molecular weight excluding hydrogens is 194 g/mol. The molecule has 0 aliphatic carbocycles. The monoisotopic (exact) mass is 209 g/mol. The van der Waals surface area contributed by atoms with Gasteiger partial charge in [0.05, 0.1) is 5.51 Å². The molecule has 0 aromatic carbocycles. The van der Waals surface area contributed by atoms with E-state index in [1.165, 1.54) is 30.8 Å². The molecular formula is C10H15N3S. The van der Waals surface area contributed by atoms with Crippen molar-refractivity contribution in [2.45, 2.75) is 31.5 Å². The topological polar surface area (TPSA) is 28.2 Å². The van der Waals surface area contributed by atoms with E-state index in [0.717, 1.165) is 18.6 Å². The van der Waals surface area contributed by atoms with Crippen LogP contribution in [0.5, 0.6) is 0 Å². The van der Waals surface area contributed by atoms with Crippen molar-refractivity contribution in [2.24, 2.45) is 0 Å². The first kappa shape index (κ1) is 8.83.